The van der Waals surface area contributed by atoms with Gasteiger partial charge >= 0.3 is 12.1 Å². The average Bonchev–Trinajstić information content (AvgIpc) is 3.18. The van der Waals surface area contributed by atoms with Crippen molar-refractivity contribution >= 4 is 12.1 Å². The smallest absolute Gasteiger partial charge is 0.407 e. The third-order valence-electron chi connectivity index (χ3n) is 5.97. The molecule has 3 aromatic carbocycles. The van der Waals surface area contributed by atoms with Crippen LogP contribution < -0.4 is 5.32 Å². The second-order valence-corrected chi connectivity index (χ2v) is 8.07. The summed E-state index contributed by atoms with van der Waals surface area (Å²) in [5.41, 5.74) is 0.392. The number of carbonyl (C=O) groups excluding carboxylic acids is 1. The van der Waals surface area contributed by atoms with Crippen molar-refractivity contribution in [1.29, 1.82) is 0 Å². The highest BCUT2D eigenvalue weighted by atomic mass is 19.2. The van der Waals surface area contributed by atoms with Crippen molar-refractivity contribution in [2.75, 3.05) is 13.2 Å². The van der Waals surface area contributed by atoms with Crippen molar-refractivity contribution in [2.24, 2.45) is 0 Å². The molecule has 7 nitrogen and oxygen atoms in total. The minimum absolute atomic E-state index is 0.0746. The van der Waals surface area contributed by atoms with Gasteiger partial charge in [0, 0.05) is 12.5 Å². The molecule has 3 aromatic rings. The SMILES string of the molecule is O=C(NCC(O)C(O)c1c(F)c(F)c(C(=O)O)c(F)c1F)OCC1c2ccccc2-c2ccccc21. The van der Waals surface area contributed by atoms with Crippen molar-refractivity contribution in [3.05, 3.63) is 94.1 Å². The highest BCUT2D eigenvalue weighted by Gasteiger charge is 2.35. The number of carboxylic acids is 1. The maximum Gasteiger partial charge on any atom is 0.407 e. The number of nitrogens with one attached hydrogen (secondary N) is 1. The molecule has 2 atom stereocenters. The Morgan fingerprint density at radius 1 is 0.861 bits per heavy atom. The largest absolute Gasteiger partial charge is 0.477 e. The Balaban J connectivity index is 1.41. The molecule has 1 aliphatic rings. The summed E-state index contributed by atoms with van der Waals surface area (Å²) in [5, 5.41) is 30.9. The third kappa shape index (κ3) is 4.38. The fraction of sp³-hybridized carbons (Fsp3) is 0.200. The Morgan fingerprint density at radius 3 is 1.86 bits per heavy atom. The molecule has 4 rings (SSSR count). The number of fused-ring (bicyclic) bond motifs is 3. The van der Waals surface area contributed by atoms with Crippen molar-refractivity contribution in [3.63, 3.8) is 0 Å². The number of benzene rings is 3. The lowest BCUT2D eigenvalue weighted by molar-refractivity contribution is 0.0134. The van der Waals surface area contributed by atoms with E-state index in [1.165, 1.54) is 0 Å². The summed E-state index contributed by atoms with van der Waals surface area (Å²) in [6.45, 7) is -0.879. The minimum atomic E-state index is -2.54. The molecule has 188 valence electrons. The Bertz CT molecular complexity index is 1270. The van der Waals surface area contributed by atoms with Gasteiger partial charge in [-0.05, 0) is 22.3 Å². The first-order valence-corrected chi connectivity index (χ1v) is 10.7. The van der Waals surface area contributed by atoms with Crippen LogP contribution in [-0.4, -0.2) is 46.6 Å². The van der Waals surface area contributed by atoms with Gasteiger partial charge in [0.2, 0.25) is 0 Å². The maximum atomic E-state index is 14.2. The van der Waals surface area contributed by atoms with E-state index in [1.54, 1.807) is 0 Å². The zero-order valence-electron chi connectivity index (χ0n) is 18.3. The molecule has 0 heterocycles. The van der Waals surface area contributed by atoms with Crippen LogP contribution in [-0.2, 0) is 4.74 Å². The van der Waals surface area contributed by atoms with E-state index in [2.05, 4.69) is 5.32 Å². The van der Waals surface area contributed by atoms with E-state index in [0.29, 0.717) is 0 Å². The molecule has 1 amide bonds. The van der Waals surface area contributed by atoms with Gasteiger partial charge in [-0.3, -0.25) is 0 Å². The van der Waals surface area contributed by atoms with E-state index in [0.717, 1.165) is 22.3 Å². The molecular formula is C25H19F4NO6. The van der Waals surface area contributed by atoms with E-state index >= 15 is 0 Å². The zero-order valence-corrected chi connectivity index (χ0v) is 18.3. The number of hydrogen-bond donors (Lipinski definition) is 4. The predicted molar refractivity (Wildman–Crippen MR) is 117 cm³/mol. The summed E-state index contributed by atoms with van der Waals surface area (Å²) in [7, 11) is 0. The molecule has 0 spiro atoms. The summed E-state index contributed by atoms with van der Waals surface area (Å²) < 4.78 is 61.4. The number of halogens is 4. The average molecular weight is 505 g/mol. The van der Waals surface area contributed by atoms with Crippen molar-refractivity contribution in [1.82, 2.24) is 5.32 Å². The van der Waals surface area contributed by atoms with E-state index < -0.39 is 65.2 Å². The topological polar surface area (TPSA) is 116 Å². The number of aliphatic hydroxyl groups is 2. The van der Waals surface area contributed by atoms with Gasteiger partial charge in [-0.2, -0.15) is 0 Å². The van der Waals surface area contributed by atoms with Crippen molar-refractivity contribution in [3.8, 4) is 11.1 Å². The van der Waals surface area contributed by atoms with Crippen LogP contribution in [0.25, 0.3) is 11.1 Å². The number of aromatic carboxylic acids is 1. The fourth-order valence-electron chi connectivity index (χ4n) is 4.24. The Hall–Kier alpha value is -3.96. The van der Waals surface area contributed by atoms with Gasteiger partial charge in [-0.1, -0.05) is 48.5 Å². The molecule has 0 fully saturated rings. The van der Waals surface area contributed by atoms with Crippen LogP contribution in [0.1, 0.15) is 39.1 Å². The molecule has 36 heavy (non-hydrogen) atoms. The highest BCUT2D eigenvalue weighted by molar-refractivity contribution is 5.88. The third-order valence-corrected chi connectivity index (χ3v) is 5.97. The Labute approximate surface area is 201 Å². The number of alkyl carbamates (subject to hydrolysis) is 1. The lowest BCUT2D eigenvalue weighted by Gasteiger charge is -2.21. The van der Waals surface area contributed by atoms with Crippen LogP contribution in [0.3, 0.4) is 0 Å². The number of carbonyl (C=O) groups is 2. The lowest BCUT2D eigenvalue weighted by Crippen LogP contribution is -2.37. The first kappa shape index (κ1) is 25.1. The van der Waals surface area contributed by atoms with E-state index in [4.69, 9.17) is 9.84 Å². The second-order valence-electron chi connectivity index (χ2n) is 8.07. The first-order valence-electron chi connectivity index (χ1n) is 10.7. The second kappa shape index (κ2) is 9.96. The Kier molecular flexibility index (Phi) is 6.95. The van der Waals surface area contributed by atoms with Crippen LogP contribution in [0.2, 0.25) is 0 Å². The quantitative estimate of drug-likeness (QED) is 0.286. The van der Waals surface area contributed by atoms with Gasteiger partial charge in [0.05, 0.1) is 5.56 Å². The molecule has 0 radical (unpaired) electrons. The molecule has 4 N–H and O–H groups in total. The molecular weight excluding hydrogens is 486 g/mol. The monoisotopic (exact) mass is 505 g/mol. The van der Waals surface area contributed by atoms with Crippen molar-refractivity contribution in [2.45, 2.75) is 18.1 Å². The number of carboxylic acid groups (broad SMARTS) is 1. The fourth-order valence-corrected chi connectivity index (χ4v) is 4.24. The molecule has 0 aromatic heterocycles. The van der Waals surface area contributed by atoms with Crippen LogP contribution in [0.5, 0.6) is 0 Å². The summed E-state index contributed by atoms with van der Waals surface area (Å²) in [4.78, 5) is 23.0. The van der Waals surface area contributed by atoms with Crippen LogP contribution in [0.15, 0.2) is 48.5 Å². The van der Waals surface area contributed by atoms with Gasteiger partial charge in [-0.15, -0.1) is 0 Å². The number of rotatable bonds is 7. The summed E-state index contributed by atoms with van der Waals surface area (Å²) >= 11 is 0. The Morgan fingerprint density at radius 2 is 1.36 bits per heavy atom. The zero-order chi connectivity index (χ0) is 26.1. The molecule has 2 unspecified atom stereocenters. The van der Waals surface area contributed by atoms with Gasteiger partial charge in [-0.25, -0.2) is 27.2 Å². The molecule has 0 bridgehead atoms. The molecule has 0 saturated carbocycles. The number of amides is 1. The van der Waals surface area contributed by atoms with Crippen molar-refractivity contribution < 1.29 is 47.2 Å². The summed E-state index contributed by atoms with van der Waals surface area (Å²) in [6.07, 6.45) is -5.68. The number of aliphatic hydroxyl groups excluding tert-OH is 2. The van der Waals surface area contributed by atoms with E-state index in [1.807, 2.05) is 48.5 Å². The van der Waals surface area contributed by atoms with Gasteiger partial charge in [0.1, 0.15) is 24.4 Å². The van der Waals surface area contributed by atoms with Crippen LogP contribution in [0, 0.1) is 23.3 Å². The van der Waals surface area contributed by atoms with E-state index in [9.17, 15) is 37.4 Å². The predicted octanol–water partition coefficient (Wildman–Crippen LogP) is 3.87. The number of ether oxygens (including phenoxy) is 1. The van der Waals surface area contributed by atoms with E-state index in [-0.39, 0.29) is 12.5 Å². The first-order chi connectivity index (χ1) is 17.1. The maximum absolute atomic E-state index is 14.2. The standard InChI is InChI=1S/C25H19F4NO6/c26-19-17(20(27)22(29)18(21(19)28)24(33)34)23(32)16(31)9-30-25(35)36-10-15-13-7-3-1-5-11(13)12-6-2-4-8-14(12)15/h1-8,15-16,23,31-32H,9-10H2,(H,30,35)(H,33,34). The van der Waals surface area contributed by atoms with Gasteiger partial charge in [0.15, 0.2) is 23.3 Å². The molecule has 0 aliphatic heterocycles. The molecule has 0 saturated heterocycles. The summed E-state index contributed by atoms with van der Waals surface area (Å²) in [5.74, 6) is -11.4. The van der Waals surface area contributed by atoms with Crippen LogP contribution in [0.4, 0.5) is 22.4 Å². The number of hydrogen-bond acceptors (Lipinski definition) is 5. The normalized spacial score (nSPS) is 14.1. The van der Waals surface area contributed by atoms with Crippen LogP contribution >= 0.6 is 0 Å². The summed E-state index contributed by atoms with van der Waals surface area (Å²) in [6, 6.07) is 15.2. The van der Waals surface area contributed by atoms with Gasteiger partial charge in [0.25, 0.3) is 0 Å². The molecule has 1 aliphatic carbocycles. The molecule has 11 heteroatoms. The lowest BCUT2D eigenvalue weighted by atomic mass is 9.98. The highest BCUT2D eigenvalue weighted by Crippen LogP contribution is 2.44. The minimum Gasteiger partial charge on any atom is -0.477 e. The van der Waals surface area contributed by atoms with Gasteiger partial charge < -0.3 is 25.4 Å².